The van der Waals surface area contributed by atoms with Gasteiger partial charge in [0, 0.05) is 19.2 Å². The van der Waals surface area contributed by atoms with Gasteiger partial charge in [0.15, 0.2) is 0 Å². The van der Waals surface area contributed by atoms with Crippen LogP contribution in [0.4, 0.5) is 0 Å². The van der Waals surface area contributed by atoms with Crippen molar-refractivity contribution in [3.63, 3.8) is 0 Å². The van der Waals surface area contributed by atoms with Crippen molar-refractivity contribution in [2.75, 3.05) is 13.2 Å². The van der Waals surface area contributed by atoms with E-state index in [0.717, 1.165) is 19.1 Å². The van der Waals surface area contributed by atoms with Gasteiger partial charge in [0.1, 0.15) is 0 Å². The first-order valence-corrected chi connectivity index (χ1v) is 5.23. The van der Waals surface area contributed by atoms with E-state index >= 15 is 0 Å². The molecule has 0 amide bonds. The summed E-state index contributed by atoms with van der Waals surface area (Å²) in [5, 5.41) is 3.48. The molecule has 2 aliphatic rings. The molecule has 2 atom stereocenters. The van der Waals surface area contributed by atoms with Crippen LogP contribution in [-0.2, 0) is 4.74 Å². The largest absolute Gasteiger partial charge is 0.377 e. The van der Waals surface area contributed by atoms with E-state index in [9.17, 15) is 0 Å². The summed E-state index contributed by atoms with van der Waals surface area (Å²) in [4.78, 5) is 0. The van der Waals surface area contributed by atoms with Gasteiger partial charge in [-0.05, 0) is 31.6 Å². The van der Waals surface area contributed by atoms with Crippen LogP contribution in [0.25, 0.3) is 0 Å². The second-order valence-electron chi connectivity index (χ2n) is 4.15. The van der Waals surface area contributed by atoms with E-state index in [0.29, 0.717) is 12.1 Å². The number of ether oxygens (including phenoxy) is 1. The lowest BCUT2D eigenvalue weighted by Gasteiger charge is -2.09. The summed E-state index contributed by atoms with van der Waals surface area (Å²) >= 11 is 0. The summed E-state index contributed by atoms with van der Waals surface area (Å²) in [7, 11) is 0. The van der Waals surface area contributed by atoms with Crippen LogP contribution in [0.1, 0.15) is 32.6 Å². The van der Waals surface area contributed by atoms with E-state index in [1.807, 2.05) is 0 Å². The van der Waals surface area contributed by atoms with E-state index < -0.39 is 0 Å². The molecule has 70 valence electrons. The first-order valence-electron chi connectivity index (χ1n) is 5.23. The van der Waals surface area contributed by atoms with Crippen LogP contribution in [0, 0.1) is 5.92 Å². The van der Waals surface area contributed by atoms with Crippen LogP contribution in [0.15, 0.2) is 0 Å². The van der Waals surface area contributed by atoms with Crippen molar-refractivity contribution in [1.82, 2.24) is 5.32 Å². The fourth-order valence-electron chi connectivity index (χ4n) is 1.78. The summed E-state index contributed by atoms with van der Waals surface area (Å²) in [6, 6.07) is 0.717. The highest BCUT2D eigenvalue weighted by molar-refractivity contribution is 4.82. The van der Waals surface area contributed by atoms with Crippen LogP contribution in [0.5, 0.6) is 0 Å². The van der Waals surface area contributed by atoms with Crippen molar-refractivity contribution in [2.24, 2.45) is 5.92 Å². The molecule has 1 saturated carbocycles. The molecule has 2 heteroatoms. The summed E-state index contributed by atoms with van der Waals surface area (Å²) in [6.45, 7) is 4.33. The molecule has 2 nitrogen and oxygen atoms in total. The third kappa shape index (κ3) is 2.20. The van der Waals surface area contributed by atoms with Gasteiger partial charge in [-0.25, -0.2) is 0 Å². The Bertz CT molecular complexity index is 145. The van der Waals surface area contributed by atoms with Gasteiger partial charge < -0.3 is 10.1 Å². The molecule has 0 radical (unpaired) electrons. The van der Waals surface area contributed by atoms with Crippen LogP contribution < -0.4 is 5.32 Å². The first-order chi connectivity index (χ1) is 5.88. The highest BCUT2D eigenvalue weighted by Crippen LogP contribution is 2.29. The van der Waals surface area contributed by atoms with Gasteiger partial charge in [0.05, 0.1) is 6.10 Å². The van der Waals surface area contributed by atoms with Crippen LogP contribution in [0.3, 0.4) is 0 Å². The van der Waals surface area contributed by atoms with Crippen LogP contribution >= 0.6 is 0 Å². The van der Waals surface area contributed by atoms with Gasteiger partial charge in [-0.1, -0.05) is 6.92 Å². The standard InChI is InChI=1S/C10H19NO/c1-2-9-5-10(6-11-9)12-7-8-3-4-8/h8-11H,2-7H2,1H3/t9-,10+/m1/s1. The van der Waals surface area contributed by atoms with Gasteiger partial charge in [-0.3, -0.25) is 0 Å². The fraction of sp³-hybridized carbons (Fsp3) is 1.00. The zero-order chi connectivity index (χ0) is 8.39. The monoisotopic (exact) mass is 169 g/mol. The Labute approximate surface area is 74.7 Å². The summed E-state index contributed by atoms with van der Waals surface area (Å²) in [6.07, 6.45) is 5.77. The topological polar surface area (TPSA) is 21.3 Å². The minimum atomic E-state index is 0.510. The zero-order valence-corrected chi connectivity index (χ0v) is 7.88. The summed E-state index contributed by atoms with van der Waals surface area (Å²) in [5.74, 6) is 0.908. The lowest BCUT2D eigenvalue weighted by atomic mass is 10.1. The Morgan fingerprint density at radius 3 is 2.83 bits per heavy atom. The van der Waals surface area contributed by atoms with E-state index in [4.69, 9.17) is 4.74 Å². The molecular weight excluding hydrogens is 150 g/mol. The molecule has 1 N–H and O–H groups in total. The Morgan fingerprint density at radius 1 is 1.42 bits per heavy atom. The molecule has 1 aliphatic heterocycles. The molecule has 1 heterocycles. The van der Waals surface area contributed by atoms with E-state index in [2.05, 4.69) is 12.2 Å². The first kappa shape index (κ1) is 8.52. The fourth-order valence-corrected chi connectivity index (χ4v) is 1.78. The van der Waals surface area contributed by atoms with Gasteiger partial charge in [0.25, 0.3) is 0 Å². The lowest BCUT2D eigenvalue weighted by Crippen LogP contribution is -2.20. The Hall–Kier alpha value is -0.0800. The molecule has 0 aromatic heterocycles. The number of nitrogens with one attached hydrogen (secondary N) is 1. The highest BCUT2D eigenvalue weighted by atomic mass is 16.5. The predicted octanol–water partition coefficient (Wildman–Crippen LogP) is 1.55. The third-order valence-electron chi connectivity index (χ3n) is 2.94. The number of hydrogen-bond donors (Lipinski definition) is 1. The molecule has 1 saturated heterocycles. The maximum atomic E-state index is 5.80. The van der Waals surface area contributed by atoms with E-state index in [1.54, 1.807) is 0 Å². The average Bonchev–Trinajstić information content (AvgIpc) is 2.81. The van der Waals surface area contributed by atoms with E-state index in [1.165, 1.54) is 25.7 Å². The van der Waals surface area contributed by atoms with Crippen LogP contribution in [0.2, 0.25) is 0 Å². The third-order valence-corrected chi connectivity index (χ3v) is 2.94. The number of hydrogen-bond acceptors (Lipinski definition) is 2. The van der Waals surface area contributed by atoms with Gasteiger partial charge in [-0.2, -0.15) is 0 Å². The molecule has 0 bridgehead atoms. The normalized spacial score (nSPS) is 35.8. The summed E-state index contributed by atoms with van der Waals surface area (Å²) < 4.78 is 5.80. The minimum Gasteiger partial charge on any atom is -0.377 e. The van der Waals surface area contributed by atoms with Crippen LogP contribution in [-0.4, -0.2) is 25.3 Å². The van der Waals surface area contributed by atoms with Crippen molar-refractivity contribution in [3.8, 4) is 0 Å². The molecule has 2 fully saturated rings. The average molecular weight is 169 g/mol. The quantitative estimate of drug-likeness (QED) is 0.689. The second-order valence-corrected chi connectivity index (χ2v) is 4.15. The Morgan fingerprint density at radius 2 is 2.25 bits per heavy atom. The van der Waals surface area contributed by atoms with Crippen molar-refractivity contribution >= 4 is 0 Å². The molecular formula is C10H19NO. The molecule has 0 aromatic carbocycles. The summed E-state index contributed by atoms with van der Waals surface area (Å²) in [5.41, 5.74) is 0. The molecule has 0 unspecified atom stereocenters. The molecule has 2 rings (SSSR count). The van der Waals surface area contributed by atoms with Gasteiger partial charge >= 0.3 is 0 Å². The Balaban J connectivity index is 1.61. The second kappa shape index (κ2) is 3.75. The predicted molar refractivity (Wildman–Crippen MR) is 49.2 cm³/mol. The van der Waals surface area contributed by atoms with E-state index in [-0.39, 0.29) is 0 Å². The van der Waals surface area contributed by atoms with Crippen molar-refractivity contribution in [1.29, 1.82) is 0 Å². The van der Waals surface area contributed by atoms with Gasteiger partial charge in [0.2, 0.25) is 0 Å². The Kier molecular flexibility index (Phi) is 2.66. The highest BCUT2D eigenvalue weighted by Gasteiger charge is 2.27. The maximum Gasteiger partial charge on any atom is 0.0714 e. The minimum absolute atomic E-state index is 0.510. The van der Waals surface area contributed by atoms with Crippen molar-refractivity contribution in [2.45, 2.75) is 44.8 Å². The molecule has 12 heavy (non-hydrogen) atoms. The zero-order valence-electron chi connectivity index (χ0n) is 7.88. The maximum absolute atomic E-state index is 5.80. The molecule has 0 aromatic rings. The van der Waals surface area contributed by atoms with Crippen molar-refractivity contribution < 1.29 is 4.74 Å². The lowest BCUT2D eigenvalue weighted by molar-refractivity contribution is 0.0577. The number of rotatable bonds is 4. The molecule has 1 aliphatic carbocycles. The smallest absolute Gasteiger partial charge is 0.0714 e. The van der Waals surface area contributed by atoms with Crippen molar-refractivity contribution in [3.05, 3.63) is 0 Å². The molecule has 0 spiro atoms. The SMILES string of the molecule is CC[C@@H]1C[C@H](OCC2CC2)CN1. The van der Waals surface area contributed by atoms with Gasteiger partial charge in [-0.15, -0.1) is 0 Å².